The first-order valence-electron chi connectivity index (χ1n) is 5.65. The van der Waals surface area contributed by atoms with Crippen molar-refractivity contribution >= 4 is 11.5 Å². The summed E-state index contributed by atoms with van der Waals surface area (Å²) in [4.78, 5) is 1.83. The van der Waals surface area contributed by atoms with Gasteiger partial charge in [0.05, 0.1) is 11.8 Å². The quantitative estimate of drug-likeness (QED) is 0.532. The molecule has 92 valence electrons. The van der Waals surface area contributed by atoms with Crippen molar-refractivity contribution in [1.29, 1.82) is 5.41 Å². The minimum absolute atomic E-state index is 0.144. The Morgan fingerprint density at radius 2 is 2.29 bits per heavy atom. The number of aliphatic hydroxyl groups is 1. The lowest BCUT2D eigenvalue weighted by molar-refractivity contribution is 0.154. The number of nitrogens with zero attached hydrogens (tertiary/aromatic N) is 1. The zero-order valence-corrected chi connectivity index (χ0v) is 9.49. The summed E-state index contributed by atoms with van der Waals surface area (Å²) in [5.74, 6) is -0.541. The third kappa shape index (κ3) is 2.55. The number of nitrogen functional groups attached to an aromatic ring is 1. The van der Waals surface area contributed by atoms with Gasteiger partial charge in [0, 0.05) is 18.7 Å². The van der Waals surface area contributed by atoms with Crippen molar-refractivity contribution in [1.82, 2.24) is 0 Å². The predicted octanol–water partition coefficient (Wildman–Crippen LogP) is 1.07. The van der Waals surface area contributed by atoms with E-state index in [0.29, 0.717) is 17.8 Å². The van der Waals surface area contributed by atoms with E-state index in [1.54, 1.807) is 12.1 Å². The molecular formula is C12H16FN3O. The van der Waals surface area contributed by atoms with E-state index in [1.165, 1.54) is 6.07 Å². The van der Waals surface area contributed by atoms with Gasteiger partial charge in [0.15, 0.2) is 0 Å². The Bertz CT molecular complexity index is 436. The fourth-order valence-corrected chi connectivity index (χ4v) is 2.10. The van der Waals surface area contributed by atoms with Crippen molar-refractivity contribution in [2.24, 2.45) is 5.73 Å². The summed E-state index contributed by atoms with van der Waals surface area (Å²) >= 11 is 0. The van der Waals surface area contributed by atoms with Crippen molar-refractivity contribution in [2.75, 3.05) is 18.0 Å². The minimum Gasteiger partial charge on any atom is -0.391 e. The molecule has 17 heavy (non-hydrogen) atoms. The molecular weight excluding hydrogens is 221 g/mol. The molecule has 0 bridgehead atoms. The van der Waals surface area contributed by atoms with Crippen molar-refractivity contribution in [2.45, 2.75) is 18.9 Å². The average molecular weight is 237 g/mol. The Hall–Kier alpha value is -1.62. The highest BCUT2D eigenvalue weighted by molar-refractivity contribution is 5.95. The molecule has 1 unspecified atom stereocenters. The van der Waals surface area contributed by atoms with Crippen LogP contribution in [0.2, 0.25) is 0 Å². The van der Waals surface area contributed by atoms with E-state index in [2.05, 4.69) is 0 Å². The van der Waals surface area contributed by atoms with Crippen LogP contribution in [-0.4, -0.2) is 30.1 Å². The van der Waals surface area contributed by atoms with Gasteiger partial charge in [0.1, 0.15) is 11.7 Å². The number of piperidine rings is 1. The third-order valence-corrected chi connectivity index (χ3v) is 3.00. The monoisotopic (exact) mass is 237 g/mol. The molecule has 2 rings (SSSR count). The van der Waals surface area contributed by atoms with Gasteiger partial charge in [-0.25, -0.2) is 4.39 Å². The Kier molecular flexibility index (Phi) is 3.28. The molecule has 1 aromatic rings. The molecule has 0 spiro atoms. The highest BCUT2D eigenvalue weighted by atomic mass is 19.1. The number of anilines is 1. The smallest absolute Gasteiger partial charge is 0.147 e. The predicted molar refractivity (Wildman–Crippen MR) is 64.9 cm³/mol. The third-order valence-electron chi connectivity index (χ3n) is 3.00. The van der Waals surface area contributed by atoms with Crippen molar-refractivity contribution in [3.8, 4) is 0 Å². The van der Waals surface area contributed by atoms with Crippen LogP contribution in [0.4, 0.5) is 10.1 Å². The zero-order valence-electron chi connectivity index (χ0n) is 9.49. The van der Waals surface area contributed by atoms with E-state index in [1.807, 2.05) is 4.90 Å². The number of halogens is 1. The highest BCUT2D eigenvalue weighted by Crippen LogP contribution is 2.24. The number of nitrogens with one attached hydrogen (secondary N) is 1. The second-order valence-corrected chi connectivity index (χ2v) is 4.32. The van der Waals surface area contributed by atoms with Gasteiger partial charge in [-0.3, -0.25) is 5.41 Å². The summed E-state index contributed by atoms with van der Waals surface area (Å²) < 4.78 is 13.8. The van der Waals surface area contributed by atoms with Crippen LogP contribution in [0.3, 0.4) is 0 Å². The fourth-order valence-electron chi connectivity index (χ4n) is 2.10. The van der Waals surface area contributed by atoms with E-state index in [9.17, 15) is 9.50 Å². The molecule has 4 nitrogen and oxygen atoms in total. The van der Waals surface area contributed by atoms with Gasteiger partial charge in [-0.2, -0.15) is 0 Å². The normalized spacial score (nSPS) is 20.4. The van der Waals surface area contributed by atoms with E-state index >= 15 is 0 Å². The summed E-state index contributed by atoms with van der Waals surface area (Å²) in [6.45, 7) is 1.20. The van der Waals surface area contributed by atoms with E-state index in [4.69, 9.17) is 11.1 Å². The maximum atomic E-state index is 13.8. The topological polar surface area (TPSA) is 73.3 Å². The Morgan fingerprint density at radius 1 is 1.53 bits per heavy atom. The molecule has 1 aliphatic heterocycles. The van der Waals surface area contributed by atoms with Crippen LogP contribution < -0.4 is 10.6 Å². The minimum atomic E-state index is -0.396. The van der Waals surface area contributed by atoms with Crippen LogP contribution >= 0.6 is 0 Å². The summed E-state index contributed by atoms with van der Waals surface area (Å²) in [6.07, 6.45) is 1.23. The number of nitrogens with two attached hydrogens (primary N) is 1. The molecule has 1 aliphatic rings. The van der Waals surface area contributed by atoms with E-state index in [-0.39, 0.29) is 5.84 Å². The van der Waals surface area contributed by atoms with Gasteiger partial charge in [0.25, 0.3) is 0 Å². The maximum absolute atomic E-state index is 13.8. The van der Waals surface area contributed by atoms with Crippen LogP contribution in [-0.2, 0) is 0 Å². The maximum Gasteiger partial charge on any atom is 0.147 e. The number of benzene rings is 1. The molecule has 0 saturated carbocycles. The SMILES string of the molecule is N=C(N)c1ccc(N2CCCC(O)C2)c(F)c1. The van der Waals surface area contributed by atoms with Gasteiger partial charge in [-0.1, -0.05) is 0 Å². The van der Waals surface area contributed by atoms with Gasteiger partial charge in [-0.15, -0.1) is 0 Å². The molecule has 0 aromatic heterocycles. The number of hydrogen-bond acceptors (Lipinski definition) is 3. The van der Waals surface area contributed by atoms with Gasteiger partial charge in [0.2, 0.25) is 0 Å². The molecule has 1 atom stereocenters. The largest absolute Gasteiger partial charge is 0.391 e. The van der Waals surface area contributed by atoms with Crippen LogP contribution in [0, 0.1) is 11.2 Å². The summed E-state index contributed by atoms with van der Waals surface area (Å²) in [5, 5.41) is 16.8. The van der Waals surface area contributed by atoms with E-state index in [0.717, 1.165) is 19.4 Å². The second kappa shape index (κ2) is 4.71. The standard InChI is InChI=1S/C12H16FN3O/c13-10-6-8(12(14)15)3-4-11(10)16-5-1-2-9(17)7-16/h3-4,6,9,17H,1-2,5,7H2,(H3,14,15). The number of amidine groups is 1. The zero-order chi connectivity index (χ0) is 12.4. The molecule has 0 radical (unpaired) electrons. The van der Waals surface area contributed by atoms with Crippen molar-refractivity contribution < 1.29 is 9.50 Å². The molecule has 1 fully saturated rings. The number of hydrogen-bond donors (Lipinski definition) is 3. The second-order valence-electron chi connectivity index (χ2n) is 4.32. The van der Waals surface area contributed by atoms with Crippen LogP contribution in [0.1, 0.15) is 18.4 Å². The first kappa shape index (κ1) is 11.9. The molecule has 0 aliphatic carbocycles. The number of rotatable bonds is 2. The average Bonchev–Trinajstić information content (AvgIpc) is 2.28. The summed E-state index contributed by atoms with van der Waals surface area (Å²) in [7, 11) is 0. The first-order chi connectivity index (χ1) is 8.08. The fraction of sp³-hybridized carbons (Fsp3) is 0.417. The molecule has 1 saturated heterocycles. The highest BCUT2D eigenvalue weighted by Gasteiger charge is 2.20. The molecule has 1 heterocycles. The first-order valence-corrected chi connectivity index (χ1v) is 5.65. The van der Waals surface area contributed by atoms with Crippen LogP contribution in [0.15, 0.2) is 18.2 Å². The van der Waals surface area contributed by atoms with Crippen LogP contribution in [0.5, 0.6) is 0 Å². The lowest BCUT2D eigenvalue weighted by Gasteiger charge is -2.32. The van der Waals surface area contributed by atoms with Crippen LogP contribution in [0.25, 0.3) is 0 Å². The molecule has 4 N–H and O–H groups in total. The van der Waals surface area contributed by atoms with Crippen molar-refractivity contribution in [3.63, 3.8) is 0 Å². The summed E-state index contributed by atoms with van der Waals surface area (Å²) in [6, 6.07) is 4.50. The Balaban J connectivity index is 2.23. The number of aliphatic hydroxyl groups excluding tert-OH is 1. The molecule has 1 aromatic carbocycles. The summed E-state index contributed by atoms with van der Waals surface area (Å²) in [5.41, 5.74) is 6.14. The lowest BCUT2D eigenvalue weighted by Crippen LogP contribution is -2.38. The Morgan fingerprint density at radius 3 is 2.88 bits per heavy atom. The lowest BCUT2D eigenvalue weighted by atomic mass is 10.1. The molecule has 5 heteroatoms. The van der Waals surface area contributed by atoms with Gasteiger partial charge in [-0.05, 0) is 31.0 Å². The number of β-amino-alcohol motifs (C(OH)–C–C–N with tert-alkyl or cyclic N) is 1. The van der Waals surface area contributed by atoms with Gasteiger partial charge < -0.3 is 15.7 Å². The Labute approximate surface area is 99.4 Å². The van der Waals surface area contributed by atoms with Crippen molar-refractivity contribution in [3.05, 3.63) is 29.6 Å². The molecule has 0 amide bonds. The van der Waals surface area contributed by atoms with Gasteiger partial charge >= 0.3 is 0 Å². The van der Waals surface area contributed by atoms with E-state index < -0.39 is 11.9 Å².